The minimum atomic E-state index is 0.0974. The molecule has 0 atom stereocenters. The van der Waals surface area contributed by atoms with Crippen LogP contribution in [0.15, 0.2) is 48.5 Å². The van der Waals surface area contributed by atoms with E-state index in [1.165, 1.54) is 11.1 Å². The maximum Gasteiger partial charge on any atom is 0.119 e. The van der Waals surface area contributed by atoms with Gasteiger partial charge < -0.3 is 15.2 Å². The van der Waals surface area contributed by atoms with Crippen molar-refractivity contribution in [1.82, 2.24) is 5.32 Å². The fraction of sp³-hybridized carbons (Fsp3) is 0.333. The van der Waals surface area contributed by atoms with Gasteiger partial charge in [0.25, 0.3) is 0 Å². The highest BCUT2D eigenvalue weighted by Crippen LogP contribution is 2.12. The van der Waals surface area contributed by atoms with Gasteiger partial charge in [0.15, 0.2) is 0 Å². The second-order valence-corrected chi connectivity index (χ2v) is 5.07. The maximum atomic E-state index is 9.00. The summed E-state index contributed by atoms with van der Waals surface area (Å²) in [6.45, 7) is 4.61. The van der Waals surface area contributed by atoms with E-state index in [0.717, 1.165) is 37.4 Å². The molecule has 0 spiro atoms. The molecule has 112 valence electrons. The number of aliphatic hydroxyl groups is 1. The third kappa shape index (κ3) is 5.21. The van der Waals surface area contributed by atoms with Crippen molar-refractivity contribution in [1.29, 1.82) is 0 Å². The van der Waals surface area contributed by atoms with E-state index >= 15 is 0 Å². The Bertz CT molecular complexity index is 520. The molecule has 21 heavy (non-hydrogen) atoms. The van der Waals surface area contributed by atoms with Crippen molar-refractivity contribution >= 4 is 0 Å². The Kier molecular flexibility index (Phi) is 6.25. The van der Waals surface area contributed by atoms with Gasteiger partial charge >= 0.3 is 0 Å². The van der Waals surface area contributed by atoms with Crippen LogP contribution < -0.4 is 10.1 Å². The summed E-state index contributed by atoms with van der Waals surface area (Å²) in [6.07, 6.45) is 1.03. The van der Waals surface area contributed by atoms with Gasteiger partial charge in [0, 0.05) is 13.1 Å². The first-order chi connectivity index (χ1) is 10.3. The summed E-state index contributed by atoms with van der Waals surface area (Å²) in [7, 11) is 0. The van der Waals surface area contributed by atoms with Crippen LogP contribution in [0.25, 0.3) is 0 Å². The molecule has 2 aromatic rings. The van der Waals surface area contributed by atoms with Crippen molar-refractivity contribution in [2.45, 2.75) is 33.0 Å². The van der Waals surface area contributed by atoms with Crippen LogP contribution in [0.4, 0.5) is 0 Å². The summed E-state index contributed by atoms with van der Waals surface area (Å²) in [4.78, 5) is 0. The highest BCUT2D eigenvalue weighted by atomic mass is 16.5. The van der Waals surface area contributed by atoms with Crippen LogP contribution in [0.1, 0.15) is 30.0 Å². The molecule has 0 bridgehead atoms. The molecule has 0 radical (unpaired) electrons. The maximum absolute atomic E-state index is 9.00. The van der Waals surface area contributed by atoms with E-state index in [9.17, 15) is 0 Å². The van der Waals surface area contributed by atoms with Crippen molar-refractivity contribution in [3.05, 3.63) is 65.2 Å². The predicted molar refractivity (Wildman–Crippen MR) is 85.1 cm³/mol. The van der Waals surface area contributed by atoms with Crippen LogP contribution in [-0.4, -0.2) is 11.7 Å². The van der Waals surface area contributed by atoms with E-state index in [0.29, 0.717) is 0 Å². The molecule has 0 saturated heterocycles. The van der Waals surface area contributed by atoms with Crippen molar-refractivity contribution in [2.75, 3.05) is 6.61 Å². The van der Waals surface area contributed by atoms with Gasteiger partial charge in [0.2, 0.25) is 0 Å². The quantitative estimate of drug-likeness (QED) is 0.782. The molecular weight excluding hydrogens is 262 g/mol. The molecule has 3 nitrogen and oxygen atoms in total. The Balaban J connectivity index is 1.77. The summed E-state index contributed by atoms with van der Waals surface area (Å²) in [5.41, 5.74) is 3.40. The average molecular weight is 285 g/mol. The van der Waals surface area contributed by atoms with Crippen LogP contribution in [0.2, 0.25) is 0 Å². The topological polar surface area (TPSA) is 41.5 Å². The molecule has 0 unspecified atom stereocenters. The third-order valence-corrected chi connectivity index (χ3v) is 3.26. The number of ether oxygens (including phenoxy) is 1. The molecular formula is C18H23NO2. The van der Waals surface area contributed by atoms with Crippen LogP contribution in [0, 0.1) is 0 Å². The molecule has 2 rings (SSSR count). The lowest BCUT2D eigenvalue weighted by Crippen LogP contribution is -2.12. The van der Waals surface area contributed by atoms with Gasteiger partial charge in [-0.1, -0.05) is 43.3 Å². The standard InChI is InChI=1S/C18H23NO2/c1-2-11-21-18-9-7-16(8-10-18)13-19-12-15-3-5-17(14-20)6-4-15/h3-10,19-20H,2,11-14H2,1H3. The lowest BCUT2D eigenvalue weighted by Gasteiger charge is -2.08. The van der Waals surface area contributed by atoms with E-state index in [4.69, 9.17) is 9.84 Å². The van der Waals surface area contributed by atoms with Crippen molar-refractivity contribution in [3.63, 3.8) is 0 Å². The molecule has 2 aromatic carbocycles. The van der Waals surface area contributed by atoms with E-state index in [1.54, 1.807) is 0 Å². The first-order valence-electron chi connectivity index (χ1n) is 7.43. The van der Waals surface area contributed by atoms with Crippen LogP contribution >= 0.6 is 0 Å². The van der Waals surface area contributed by atoms with Crippen molar-refractivity contribution < 1.29 is 9.84 Å². The molecule has 0 aliphatic rings. The van der Waals surface area contributed by atoms with Crippen LogP contribution in [0.3, 0.4) is 0 Å². The Morgan fingerprint density at radius 2 is 1.38 bits per heavy atom. The summed E-state index contributed by atoms with van der Waals surface area (Å²) < 4.78 is 5.56. The Labute approximate surface area is 126 Å². The SMILES string of the molecule is CCCOc1ccc(CNCc2ccc(CO)cc2)cc1. The van der Waals surface area contributed by atoms with E-state index in [-0.39, 0.29) is 6.61 Å². The lowest BCUT2D eigenvalue weighted by atomic mass is 10.1. The number of benzene rings is 2. The first kappa shape index (κ1) is 15.5. The zero-order valence-corrected chi connectivity index (χ0v) is 12.5. The fourth-order valence-electron chi connectivity index (χ4n) is 2.04. The average Bonchev–Trinajstić information content (AvgIpc) is 2.55. The van der Waals surface area contributed by atoms with Crippen LogP contribution in [-0.2, 0) is 19.7 Å². The Morgan fingerprint density at radius 1 is 0.857 bits per heavy atom. The number of aliphatic hydroxyl groups excluding tert-OH is 1. The van der Waals surface area contributed by atoms with Crippen LogP contribution in [0.5, 0.6) is 5.75 Å². The van der Waals surface area contributed by atoms with Gasteiger partial charge in [0.05, 0.1) is 13.2 Å². The molecule has 0 aliphatic carbocycles. The fourth-order valence-corrected chi connectivity index (χ4v) is 2.04. The second-order valence-electron chi connectivity index (χ2n) is 5.07. The molecule has 0 amide bonds. The van der Waals surface area contributed by atoms with Gasteiger partial charge in [-0.05, 0) is 35.2 Å². The number of hydrogen-bond donors (Lipinski definition) is 2. The largest absolute Gasteiger partial charge is 0.494 e. The van der Waals surface area contributed by atoms with Gasteiger partial charge in [-0.2, -0.15) is 0 Å². The van der Waals surface area contributed by atoms with E-state index in [2.05, 4.69) is 24.4 Å². The lowest BCUT2D eigenvalue weighted by molar-refractivity contribution is 0.282. The minimum absolute atomic E-state index is 0.0974. The highest BCUT2D eigenvalue weighted by Gasteiger charge is 1.97. The van der Waals surface area contributed by atoms with Gasteiger partial charge in [-0.3, -0.25) is 0 Å². The van der Waals surface area contributed by atoms with E-state index < -0.39 is 0 Å². The zero-order chi connectivity index (χ0) is 14.9. The normalized spacial score (nSPS) is 10.6. The molecule has 0 heterocycles. The number of nitrogens with one attached hydrogen (secondary N) is 1. The Hall–Kier alpha value is -1.84. The minimum Gasteiger partial charge on any atom is -0.494 e. The number of rotatable bonds is 8. The first-order valence-corrected chi connectivity index (χ1v) is 7.43. The smallest absolute Gasteiger partial charge is 0.119 e. The monoisotopic (exact) mass is 285 g/mol. The summed E-state index contributed by atoms with van der Waals surface area (Å²) >= 11 is 0. The third-order valence-electron chi connectivity index (χ3n) is 3.26. The zero-order valence-electron chi connectivity index (χ0n) is 12.5. The Morgan fingerprint density at radius 3 is 1.90 bits per heavy atom. The number of hydrogen-bond acceptors (Lipinski definition) is 3. The molecule has 3 heteroatoms. The van der Waals surface area contributed by atoms with Crippen molar-refractivity contribution in [3.8, 4) is 5.75 Å². The predicted octanol–water partition coefficient (Wildman–Crippen LogP) is 3.26. The molecule has 0 fully saturated rings. The van der Waals surface area contributed by atoms with E-state index in [1.807, 2.05) is 36.4 Å². The molecule has 0 saturated carbocycles. The molecule has 2 N–H and O–H groups in total. The molecule has 0 aromatic heterocycles. The van der Waals surface area contributed by atoms with Gasteiger partial charge in [-0.15, -0.1) is 0 Å². The molecule has 0 aliphatic heterocycles. The summed E-state index contributed by atoms with van der Waals surface area (Å²) in [5.74, 6) is 0.931. The second kappa shape index (κ2) is 8.45. The summed E-state index contributed by atoms with van der Waals surface area (Å²) in [6, 6.07) is 16.2. The van der Waals surface area contributed by atoms with Gasteiger partial charge in [-0.25, -0.2) is 0 Å². The summed E-state index contributed by atoms with van der Waals surface area (Å²) in [5, 5.41) is 12.4. The highest BCUT2D eigenvalue weighted by molar-refractivity contribution is 5.27. The van der Waals surface area contributed by atoms with Crippen molar-refractivity contribution in [2.24, 2.45) is 0 Å². The van der Waals surface area contributed by atoms with Gasteiger partial charge in [0.1, 0.15) is 5.75 Å².